The highest BCUT2D eigenvalue weighted by molar-refractivity contribution is 5.18. The highest BCUT2D eigenvalue weighted by Gasteiger charge is 2.29. The summed E-state index contributed by atoms with van der Waals surface area (Å²) >= 11 is 0. The first-order chi connectivity index (χ1) is 9.09. The van der Waals surface area contributed by atoms with Crippen molar-refractivity contribution in [3.63, 3.8) is 0 Å². The summed E-state index contributed by atoms with van der Waals surface area (Å²) in [7, 11) is 0. The van der Waals surface area contributed by atoms with Crippen LogP contribution in [0.4, 0.5) is 4.39 Å². The predicted molar refractivity (Wildman–Crippen MR) is 69.2 cm³/mol. The fourth-order valence-electron chi connectivity index (χ4n) is 2.17. The summed E-state index contributed by atoms with van der Waals surface area (Å²) in [5, 5.41) is 23.2. The molecule has 3 N–H and O–H groups in total. The van der Waals surface area contributed by atoms with E-state index in [1.807, 2.05) is 0 Å². The number of nitrogens with one attached hydrogen (secondary N) is 1. The quantitative estimate of drug-likeness (QED) is 0.746. The van der Waals surface area contributed by atoms with Crippen LogP contribution in [0.15, 0.2) is 24.3 Å². The van der Waals surface area contributed by atoms with Crippen molar-refractivity contribution in [2.75, 3.05) is 26.3 Å². The van der Waals surface area contributed by atoms with Gasteiger partial charge in [-0.3, -0.25) is 0 Å². The van der Waals surface area contributed by atoms with E-state index in [0.717, 1.165) is 0 Å². The molecule has 1 aromatic rings. The van der Waals surface area contributed by atoms with Crippen LogP contribution in [0.5, 0.6) is 0 Å². The van der Waals surface area contributed by atoms with Gasteiger partial charge in [-0.25, -0.2) is 4.39 Å². The van der Waals surface area contributed by atoms with Gasteiger partial charge in [-0.15, -0.1) is 0 Å². The minimum absolute atomic E-state index is 0.319. The average molecular weight is 269 g/mol. The minimum Gasteiger partial charge on any atom is -0.388 e. The lowest BCUT2D eigenvalue weighted by Crippen LogP contribution is -2.45. The number of halogens is 1. The van der Waals surface area contributed by atoms with Crippen LogP contribution in [0, 0.1) is 5.82 Å². The summed E-state index contributed by atoms with van der Waals surface area (Å²) in [4.78, 5) is 0. The number of rotatable bonds is 5. The maximum atomic E-state index is 12.8. The van der Waals surface area contributed by atoms with E-state index in [1.54, 1.807) is 12.1 Å². The summed E-state index contributed by atoms with van der Waals surface area (Å²) in [5.74, 6) is -0.319. The molecule has 1 atom stereocenters. The maximum Gasteiger partial charge on any atom is 0.123 e. The van der Waals surface area contributed by atoms with Crippen LogP contribution in [0.2, 0.25) is 0 Å². The molecule has 1 aliphatic heterocycles. The lowest BCUT2D eigenvalue weighted by atomic mass is 9.94. The highest BCUT2D eigenvalue weighted by Crippen LogP contribution is 2.19. The Labute approximate surface area is 112 Å². The molecular weight excluding hydrogens is 249 g/mol. The smallest absolute Gasteiger partial charge is 0.123 e. The molecule has 1 saturated heterocycles. The summed E-state index contributed by atoms with van der Waals surface area (Å²) in [6.45, 7) is 1.89. The highest BCUT2D eigenvalue weighted by atomic mass is 19.1. The van der Waals surface area contributed by atoms with Gasteiger partial charge in [0.05, 0.1) is 11.7 Å². The molecule has 5 heteroatoms. The Morgan fingerprint density at radius 2 is 1.89 bits per heavy atom. The Morgan fingerprint density at radius 3 is 2.53 bits per heavy atom. The van der Waals surface area contributed by atoms with Crippen LogP contribution < -0.4 is 5.32 Å². The lowest BCUT2D eigenvalue weighted by molar-refractivity contribution is -0.0623. The van der Waals surface area contributed by atoms with Gasteiger partial charge >= 0.3 is 0 Å². The number of benzene rings is 1. The first-order valence-electron chi connectivity index (χ1n) is 6.53. The lowest BCUT2D eigenvalue weighted by Gasteiger charge is -2.32. The van der Waals surface area contributed by atoms with Crippen LogP contribution >= 0.6 is 0 Å². The predicted octanol–water partition coefficient (Wildman–Crippen LogP) is 0.990. The third-order valence-corrected chi connectivity index (χ3v) is 3.47. The van der Waals surface area contributed by atoms with Crippen LogP contribution in [-0.4, -0.2) is 42.1 Å². The molecular formula is C14H20FNO3. The van der Waals surface area contributed by atoms with Crippen molar-refractivity contribution in [3.8, 4) is 0 Å². The second kappa shape index (κ2) is 6.43. The molecule has 0 bridgehead atoms. The first-order valence-corrected chi connectivity index (χ1v) is 6.53. The summed E-state index contributed by atoms with van der Waals surface area (Å²) < 4.78 is 18.0. The molecule has 1 heterocycles. The molecule has 2 rings (SSSR count). The molecule has 0 aliphatic carbocycles. The van der Waals surface area contributed by atoms with Crippen molar-refractivity contribution in [3.05, 3.63) is 35.6 Å². The number of hydrogen-bond acceptors (Lipinski definition) is 4. The van der Waals surface area contributed by atoms with Gasteiger partial charge in [-0.05, 0) is 17.7 Å². The summed E-state index contributed by atoms with van der Waals surface area (Å²) in [6, 6.07) is 5.77. The van der Waals surface area contributed by atoms with Crippen LogP contribution in [-0.2, 0) is 4.74 Å². The van der Waals surface area contributed by atoms with E-state index in [0.29, 0.717) is 44.7 Å². The molecule has 0 saturated carbocycles. The average Bonchev–Trinajstić information content (AvgIpc) is 2.40. The molecule has 106 valence electrons. The van der Waals surface area contributed by atoms with Crippen LogP contribution in [0.1, 0.15) is 24.5 Å². The number of aliphatic hydroxyl groups is 2. The Hall–Kier alpha value is -1.01. The normalized spacial score (nSPS) is 20.2. The number of ether oxygens (including phenoxy) is 1. The van der Waals surface area contributed by atoms with Crippen LogP contribution in [0.3, 0.4) is 0 Å². The van der Waals surface area contributed by atoms with Crippen molar-refractivity contribution < 1.29 is 19.3 Å². The molecule has 1 aliphatic rings. The van der Waals surface area contributed by atoms with E-state index in [-0.39, 0.29) is 5.82 Å². The second-order valence-corrected chi connectivity index (χ2v) is 5.03. The molecule has 4 nitrogen and oxygen atoms in total. The van der Waals surface area contributed by atoms with Gasteiger partial charge in [0, 0.05) is 39.1 Å². The summed E-state index contributed by atoms with van der Waals surface area (Å²) in [5.41, 5.74) is -0.0892. The largest absolute Gasteiger partial charge is 0.388 e. The molecule has 19 heavy (non-hydrogen) atoms. The number of hydrogen-bond donors (Lipinski definition) is 3. The monoisotopic (exact) mass is 269 g/mol. The number of aliphatic hydroxyl groups excluding tert-OH is 1. The van der Waals surface area contributed by atoms with Gasteiger partial charge < -0.3 is 20.3 Å². The fourth-order valence-corrected chi connectivity index (χ4v) is 2.17. The summed E-state index contributed by atoms with van der Waals surface area (Å²) in [6.07, 6.45) is 0.503. The zero-order chi connectivity index (χ0) is 13.7. The van der Waals surface area contributed by atoms with Crippen molar-refractivity contribution in [2.24, 2.45) is 0 Å². The molecule has 0 spiro atoms. The minimum atomic E-state index is -0.749. The Balaban J connectivity index is 1.77. The molecule has 0 aromatic heterocycles. The van der Waals surface area contributed by atoms with Crippen molar-refractivity contribution >= 4 is 0 Å². The topological polar surface area (TPSA) is 61.7 Å². The van der Waals surface area contributed by atoms with E-state index in [1.165, 1.54) is 12.1 Å². The third-order valence-electron chi connectivity index (χ3n) is 3.47. The maximum absolute atomic E-state index is 12.8. The second-order valence-electron chi connectivity index (χ2n) is 5.03. The zero-order valence-electron chi connectivity index (χ0n) is 10.8. The van der Waals surface area contributed by atoms with Crippen molar-refractivity contribution in [1.29, 1.82) is 0 Å². The van der Waals surface area contributed by atoms with Crippen molar-refractivity contribution in [2.45, 2.75) is 24.5 Å². The van der Waals surface area contributed by atoms with Gasteiger partial charge in [0.25, 0.3) is 0 Å². The van der Waals surface area contributed by atoms with Crippen molar-refractivity contribution in [1.82, 2.24) is 5.32 Å². The third kappa shape index (κ3) is 4.24. The van der Waals surface area contributed by atoms with E-state index in [2.05, 4.69) is 5.32 Å². The van der Waals surface area contributed by atoms with E-state index >= 15 is 0 Å². The van der Waals surface area contributed by atoms with Gasteiger partial charge in [0.15, 0.2) is 0 Å². The Morgan fingerprint density at radius 1 is 1.26 bits per heavy atom. The molecule has 1 unspecified atom stereocenters. The van der Waals surface area contributed by atoms with E-state index in [9.17, 15) is 14.6 Å². The van der Waals surface area contributed by atoms with Gasteiger partial charge in [0.2, 0.25) is 0 Å². The van der Waals surface area contributed by atoms with E-state index < -0.39 is 11.7 Å². The molecule has 1 aromatic carbocycles. The fraction of sp³-hybridized carbons (Fsp3) is 0.571. The van der Waals surface area contributed by atoms with Gasteiger partial charge in [-0.1, -0.05) is 12.1 Å². The van der Waals surface area contributed by atoms with Gasteiger partial charge in [0.1, 0.15) is 5.82 Å². The van der Waals surface area contributed by atoms with Gasteiger partial charge in [-0.2, -0.15) is 0 Å². The Bertz CT molecular complexity index is 390. The molecule has 0 radical (unpaired) electrons. The van der Waals surface area contributed by atoms with Crippen LogP contribution in [0.25, 0.3) is 0 Å². The van der Waals surface area contributed by atoms with E-state index in [4.69, 9.17) is 4.74 Å². The molecule has 1 fully saturated rings. The Kier molecular flexibility index (Phi) is 4.87. The zero-order valence-corrected chi connectivity index (χ0v) is 10.8. The first kappa shape index (κ1) is 14.4. The molecule has 0 amide bonds. The standard InChI is InChI=1S/C14H20FNO3/c15-12-3-1-11(2-4-12)13(17)9-16-10-14(18)5-7-19-8-6-14/h1-4,13,16-18H,5-10H2. The SMILES string of the molecule is OC(CNCC1(O)CCOCC1)c1ccc(F)cc1.